The van der Waals surface area contributed by atoms with Gasteiger partial charge < -0.3 is 5.32 Å². The zero-order chi connectivity index (χ0) is 35.1. The van der Waals surface area contributed by atoms with Crippen molar-refractivity contribution in [2.75, 3.05) is 0 Å². The highest BCUT2D eigenvalue weighted by Gasteiger charge is 2.23. The second-order valence-electron chi connectivity index (χ2n) is 13.2. The normalized spacial score (nSPS) is 13.8. The number of benzene rings is 6. The maximum atomic E-state index is 5.34. The van der Waals surface area contributed by atoms with Crippen LogP contribution in [-0.4, -0.2) is 24.5 Å². The molecule has 250 valence electrons. The van der Waals surface area contributed by atoms with Crippen LogP contribution in [0, 0.1) is 0 Å². The highest BCUT2D eigenvalue weighted by molar-refractivity contribution is 6.23. The van der Waals surface area contributed by atoms with E-state index >= 15 is 0 Å². The topological polar surface area (TPSA) is 68.5 Å². The number of nitrogens with one attached hydrogen (secondary N) is 1. The molecule has 1 aliphatic heterocycles. The standard InChI is InChI=1S/C47H32N6/c1-3-11-33(12-4-1)42-29-43(51-46(50-42)35-13-5-2-6-14-35)34-20-18-31(19-21-34)32-22-24-36(25-23-32)53-45-40-30-48-28-26-38(40)37-15-7-8-16-39(37)44(45)52-47(53)41-17-9-10-27-49-41/h1-30,41,49H. The fourth-order valence-corrected chi connectivity index (χ4v) is 7.40. The summed E-state index contributed by atoms with van der Waals surface area (Å²) in [6.07, 6.45) is 12.0. The third kappa shape index (κ3) is 5.45. The number of fused-ring (bicyclic) bond motifs is 6. The summed E-state index contributed by atoms with van der Waals surface area (Å²) >= 11 is 0. The average molecular weight is 681 g/mol. The van der Waals surface area contributed by atoms with Gasteiger partial charge in [-0.3, -0.25) is 9.55 Å². The summed E-state index contributed by atoms with van der Waals surface area (Å²) in [4.78, 5) is 19.9. The Bertz CT molecular complexity index is 2780. The Morgan fingerprint density at radius 2 is 1.11 bits per heavy atom. The molecule has 0 aliphatic carbocycles. The molecule has 6 nitrogen and oxygen atoms in total. The van der Waals surface area contributed by atoms with E-state index in [0.717, 1.165) is 77.9 Å². The predicted octanol–water partition coefficient (Wildman–Crippen LogP) is 10.9. The first-order valence-corrected chi connectivity index (χ1v) is 17.8. The molecule has 0 spiro atoms. The van der Waals surface area contributed by atoms with Gasteiger partial charge in [-0.2, -0.15) is 0 Å². The molecule has 0 fully saturated rings. The number of imidazole rings is 1. The van der Waals surface area contributed by atoms with Gasteiger partial charge in [0.2, 0.25) is 0 Å². The first-order valence-electron chi connectivity index (χ1n) is 17.8. The highest BCUT2D eigenvalue weighted by atomic mass is 15.1. The molecule has 0 saturated heterocycles. The second kappa shape index (κ2) is 12.9. The van der Waals surface area contributed by atoms with Crippen molar-refractivity contribution in [2.45, 2.75) is 6.04 Å². The first kappa shape index (κ1) is 30.6. The number of dihydropyridines is 1. The van der Waals surface area contributed by atoms with E-state index < -0.39 is 0 Å². The predicted molar refractivity (Wildman–Crippen MR) is 215 cm³/mol. The van der Waals surface area contributed by atoms with Crippen molar-refractivity contribution < 1.29 is 0 Å². The molecular formula is C47H32N6. The fourth-order valence-electron chi connectivity index (χ4n) is 7.40. The molecule has 1 unspecified atom stereocenters. The summed E-state index contributed by atoms with van der Waals surface area (Å²) in [5, 5.41) is 8.05. The van der Waals surface area contributed by atoms with Crippen molar-refractivity contribution in [1.82, 2.24) is 29.8 Å². The highest BCUT2D eigenvalue weighted by Crippen LogP contribution is 2.38. The molecule has 0 amide bonds. The Hall–Kier alpha value is -7.18. The summed E-state index contributed by atoms with van der Waals surface area (Å²) in [6, 6.07) is 50.5. The van der Waals surface area contributed by atoms with Crippen LogP contribution in [0.3, 0.4) is 0 Å². The SMILES string of the molecule is C1=CNC(c2nc3c4ccccc4c4ccncc4c3n2-c2ccc(-c3ccc(-c4cc(-c5ccccc5)nc(-c5ccccc5)n4)cc3)cc2)C=C1. The number of nitrogens with zero attached hydrogens (tertiary/aromatic N) is 5. The zero-order valence-electron chi connectivity index (χ0n) is 28.6. The van der Waals surface area contributed by atoms with Gasteiger partial charge in [-0.05, 0) is 58.4 Å². The van der Waals surface area contributed by atoms with Gasteiger partial charge in [0.25, 0.3) is 0 Å². The lowest BCUT2D eigenvalue weighted by Crippen LogP contribution is -2.19. The van der Waals surface area contributed by atoms with Gasteiger partial charge in [0, 0.05) is 45.5 Å². The van der Waals surface area contributed by atoms with Crippen molar-refractivity contribution in [3.05, 3.63) is 188 Å². The van der Waals surface area contributed by atoms with Crippen LogP contribution >= 0.6 is 0 Å². The Morgan fingerprint density at radius 3 is 1.81 bits per heavy atom. The van der Waals surface area contributed by atoms with E-state index in [1.807, 2.05) is 61.1 Å². The van der Waals surface area contributed by atoms with E-state index in [4.69, 9.17) is 15.0 Å². The van der Waals surface area contributed by atoms with Crippen LogP contribution < -0.4 is 5.32 Å². The number of rotatable bonds is 6. The maximum absolute atomic E-state index is 5.34. The lowest BCUT2D eigenvalue weighted by atomic mass is 10.0. The van der Waals surface area contributed by atoms with Crippen LogP contribution in [0.4, 0.5) is 0 Å². The lowest BCUT2D eigenvalue weighted by molar-refractivity contribution is 0.682. The van der Waals surface area contributed by atoms with E-state index in [1.165, 1.54) is 5.39 Å². The summed E-state index contributed by atoms with van der Waals surface area (Å²) in [5.74, 6) is 1.63. The Balaban J connectivity index is 1.05. The van der Waals surface area contributed by atoms with Gasteiger partial charge in [-0.25, -0.2) is 15.0 Å². The lowest BCUT2D eigenvalue weighted by Gasteiger charge is -2.18. The number of pyridine rings is 1. The molecule has 6 aromatic carbocycles. The van der Waals surface area contributed by atoms with Crippen LogP contribution in [0.25, 0.3) is 83.3 Å². The first-order chi connectivity index (χ1) is 26.3. The summed E-state index contributed by atoms with van der Waals surface area (Å²) in [7, 11) is 0. The maximum Gasteiger partial charge on any atom is 0.160 e. The fraction of sp³-hybridized carbons (Fsp3) is 0.0213. The largest absolute Gasteiger partial charge is 0.378 e. The van der Waals surface area contributed by atoms with E-state index in [0.29, 0.717) is 5.82 Å². The molecule has 9 aromatic rings. The van der Waals surface area contributed by atoms with Gasteiger partial charge >= 0.3 is 0 Å². The van der Waals surface area contributed by atoms with Gasteiger partial charge in [0.05, 0.1) is 22.4 Å². The molecule has 0 saturated carbocycles. The molecular weight excluding hydrogens is 649 g/mol. The van der Waals surface area contributed by atoms with Crippen LogP contribution in [0.15, 0.2) is 182 Å². The van der Waals surface area contributed by atoms with Crippen molar-refractivity contribution >= 4 is 32.6 Å². The Morgan fingerprint density at radius 1 is 0.509 bits per heavy atom. The van der Waals surface area contributed by atoms with Crippen LogP contribution in [0.2, 0.25) is 0 Å². The average Bonchev–Trinajstić information content (AvgIpc) is 3.66. The van der Waals surface area contributed by atoms with Crippen molar-refractivity contribution in [2.24, 2.45) is 0 Å². The van der Waals surface area contributed by atoms with E-state index in [-0.39, 0.29) is 6.04 Å². The second-order valence-corrected chi connectivity index (χ2v) is 13.2. The molecule has 3 aromatic heterocycles. The Kier molecular flexibility index (Phi) is 7.43. The van der Waals surface area contributed by atoms with Gasteiger partial charge in [-0.15, -0.1) is 0 Å². The van der Waals surface area contributed by atoms with Crippen LogP contribution in [0.1, 0.15) is 11.9 Å². The minimum atomic E-state index is -0.0864. The molecule has 53 heavy (non-hydrogen) atoms. The van der Waals surface area contributed by atoms with E-state index in [9.17, 15) is 0 Å². The molecule has 10 rings (SSSR count). The third-order valence-electron chi connectivity index (χ3n) is 9.98. The van der Waals surface area contributed by atoms with E-state index in [2.05, 4.69) is 136 Å². The molecule has 1 atom stereocenters. The monoisotopic (exact) mass is 680 g/mol. The molecule has 6 heteroatoms. The van der Waals surface area contributed by atoms with Crippen LogP contribution in [0.5, 0.6) is 0 Å². The van der Waals surface area contributed by atoms with Crippen LogP contribution in [-0.2, 0) is 0 Å². The minimum Gasteiger partial charge on any atom is -0.378 e. The zero-order valence-corrected chi connectivity index (χ0v) is 28.6. The number of hydrogen-bond donors (Lipinski definition) is 1. The molecule has 0 radical (unpaired) electrons. The summed E-state index contributed by atoms with van der Waals surface area (Å²) in [5.41, 5.74) is 10.2. The number of allylic oxidation sites excluding steroid dienone is 2. The smallest absolute Gasteiger partial charge is 0.160 e. The number of aromatic nitrogens is 5. The van der Waals surface area contributed by atoms with Gasteiger partial charge in [-0.1, -0.05) is 133 Å². The Labute approximate surface area is 306 Å². The van der Waals surface area contributed by atoms with Crippen molar-refractivity contribution in [3.63, 3.8) is 0 Å². The molecule has 4 heterocycles. The van der Waals surface area contributed by atoms with Crippen molar-refractivity contribution in [3.8, 4) is 50.7 Å². The number of hydrogen-bond acceptors (Lipinski definition) is 5. The molecule has 1 aliphatic rings. The van der Waals surface area contributed by atoms with Gasteiger partial charge in [0.15, 0.2) is 5.82 Å². The molecule has 0 bridgehead atoms. The quantitative estimate of drug-likeness (QED) is 0.177. The summed E-state index contributed by atoms with van der Waals surface area (Å²) < 4.78 is 2.30. The minimum absolute atomic E-state index is 0.0864. The van der Waals surface area contributed by atoms with E-state index in [1.54, 1.807) is 0 Å². The van der Waals surface area contributed by atoms with Crippen molar-refractivity contribution in [1.29, 1.82) is 0 Å². The summed E-state index contributed by atoms with van der Waals surface area (Å²) in [6.45, 7) is 0. The third-order valence-corrected chi connectivity index (χ3v) is 9.98. The van der Waals surface area contributed by atoms with Gasteiger partial charge in [0.1, 0.15) is 11.9 Å². The molecule has 1 N–H and O–H groups in total.